The first-order valence-electron chi connectivity index (χ1n) is 8.61. The van der Waals surface area contributed by atoms with Crippen molar-refractivity contribution in [2.24, 2.45) is 5.92 Å². The van der Waals surface area contributed by atoms with Gasteiger partial charge in [-0.05, 0) is 49.0 Å². The SMILES string of the molecule is CC1CCC(c2[nH]c(=S)[nH]c(=O)c2Cc2cc(C(F)(F)F)ccn2)CC1. The molecule has 0 spiro atoms. The second kappa shape index (κ2) is 7.34. The number of aromatic nitrogens is 3. The Morgan fingerprint density at radius 2 is 1.92 bits per heavy atom. The summed E-state index contributed by atoms with van der Waals surface area (Å²) in [5, 5.41) is 0. The fourth-order valence-corrected chi connectivity index (χ4v) is 3.74. The Hall–Kier alpha value is -1.96. The number of halogens is 3. The van der Waals surface area contributed by atoms with E-state index in [4.69, 9.17) is 12.2 Å². The maximum Gasteiger partial charge on any atom is 0.416 e. The Morgan fingerprint density at radius 3 is 2.58 bits per heavy atom. The third-order valence-corrected chi connectivity index (χ3v) is 5.20. The van der Waals surface area contributed by atoms with E-state index in [1.54, 1.807) is 0 Å². The fourth-order valence-electron chi connectivity index (χ4n) is 3.53. The van der Waals surface area contributed by atoms with Gasteiger partial charge in [0.25, 0.3) is 5.56 Å². The first kappa shape index (κ1) is 18.8. The summed E-state index contributed by atoms with van der Waals surface area (Å²) in [5.41, 5.74) is 0.244. The standard InChI is InChI=1S/C18H20F3N3OS/c1-10-2-4-11(5-3-10)15-14(16(25)24-17(26)23-15)9-13-8-12(6-7-22-13)18(19,20)21/h6-8,10-11H,2-5,9H2,1H3,(H2,23,24,25,26). The van der Waals surface area contributed by atoms with E-state index in [2.05, 4.69) is 21.9 Å². The van der Waals surface area contributed by atoms with E-state index in [1.165, 1.54) is 0 Å². The summed E-state index contributed by atoms with van der Waals surface area (Å²) in [4.78, 5) is 22.1. The van der Waals surface area contributed by atoms with Gasteiger partial charge in [0.15, 0.2) is 4.77 Å². The van der Waals surface area contributed by atoms with Crippen LogP contribution in [0.3, 0.4) is 0 Å². The average Bonchev–Trinajstić information content (AvgIpc) is 2.57. The highest BCUT2D eigenvalue weighted by Gasteiger charge is 2.31. The van der Waals surface area contributed by atoms with Crippen molar-refractivity contribution in [3.8, 4) is 0 Å². The molecule has 2 N–H and O–H groups in total. The van der Waals surface area contributed by atoms with Gasteiger partial charge in [-0.2, -0.15) is 13.2 Å². The smallest absolute Gasteiger partial charge is 0.335 e. The minimum Gasteiger partial charge on any atom is -0.335 e. The van der Waals surface area contributed by atoms with Crippen LogP contribution in [0.2, 0.25) is 0 Å². The lowest BCUT2D eigenvalue weighted by Crippen LogP contribution is -2.23. The third kappa shape index (κ3) is 4.23. The molecule has 0 saturated heterocycles. The molecule has 0 unspecified atom stereocenters. The van der Waals surface area contributed by atoms with E-state index in [-0.39, 0.29) is 28.4 Å². The molecule has 2 aromatic heterocycles. The molecule has 2 aromatic rings. The Kier molecular flexibility index (Phi) is 5.32. The third-order valence-electron chi connectivity index (χ3n) is 5.00. The van der Waals surface area contributed by atoms with Gasteiger partial charge < -0.3 is 4.98 Å². The normalized spacial score (nSPS) is 20.9. The zero-order valence-electron chi connectivity index (χ0n) is 14.3. The van der Waals surface area contributed by atoms with Gasteiger partial charge in [0.2, 0.25) is 0 Å². The van der Waals surface area contributed by atoms with Crippen molar-refractivity contribution < 1.29 is 13.2 Å². The molecule has 2 heterocycles. The van der Waals surface area contributed by atoms with E-state index in [0.29, 0.717) is 11.5 Å². The van der Waals surface area contributed by atoms with E-state index >= 15 is 0 Å². The van der Waals surface area contributed by atoms with Crippen molar-refractivity contribution in [3.05, 3.63) is 56.0 Å². The fraction of sp³-hybridized carbons (Fsp3) is 0.500. The first-order valence-corrected chi connectivity index (χ1v) is 9.02. The van der Waals surface area contributed by atoms with Gasteiger partial charge in [0.1, 0.15) is 0 Å². The Bertz CT molecular complexity index is 896. The predicted molar refractivity (Wildman–Crippen MR) is 94.7 cm³/mol. The zero-order chi connectivity index (χ0) is 18.9. The molecule has 0 aromatic carbocycles. The average molecular weight is 383 g/mol. The summed E-state index contributed by atoms with van der Waals surface area (Å²) < 4.78 is 39.0. The molecule has 0 atom stereocenters. The van der Waals surface area contributed by atoms with Crippen molar-refractivity contribution >= 4 is 12.2 Å². The van der Waals surface area contributed by atoms with Gasteiger partial charge >= 0.3 is 6.18 Å². The molecular formula is C18H20F3N3OS. The summed E-state index contributed by atoms with van der Waals surface area (Å²) in [7, 11) is 0. The van der Waals surface area contributed by atoms with Gasteiger partial charge in [-0.3, -0.25) is 14.8 Å². The molecule has 4 nitrogen and oxygen atoms in total. The van der Waals surface area contributed by atoms with Crippen LogP contribution in [0.4, 0.5) is 13.2 Å². The number of rotatable bonds is 3. The molecule has 8 heteroatoms. The number of hydrogen-bond donors (Lipinski definition) is 2. The Balaban J connectivity index is 1.98. The van der Waals surface area contributed by atoms with Crippen molar-refractivity contribution in [2.75, 3.05) is 0 Å². The predicted octanol–water partition coefficient (Wildman–Crippen LogP) is 4.73. The topological polar surface area (TPSA) is 61.5 Å². The Morgan fingerprint density at radius 1 is 1.23 bits per heavy atom. The second-order valence-corrected chi connectivity index (χ2v) is 7.38. The summed E-state index contributed by atoms with van der Waals surface area (Å²) >= 11 is 5.10. The highest BCUT2D eigenvalue weighted by molar-refractivity contribution is 7.71. The second-order valence-electron chi connectivity index (χ2n) is 6.97. The lowest BCUT2D eigenvalue weighted by atomic mass is 9.80. The van der Waals surface area contributed by atoms with Crippen LogP contribution in [-0.4, -0.2) is 15.0 Å². The van der Waals surface area contributed by atoms with Crippen molar-refractivity contribution in [1.29, 1.82) is 0 Å². The number of aromatic amines is 2. The van der Waals surface area contributed by atoms with Crippen molar-refractivity contribution in [2.45, 2.75) is 51.1 Å². The van der Waals surface area contributed by atoms with Crippen LogP contribution in [-0.2, 0) is 12.6 Å². The van der Waals surface area contributed by atoms with Crippen LogP contribution >= 0.6 is 12.2 Å². The molecule has 26 heavy (non-hydrogen) atoms. The van der Waals surface area contributed by atoms with Crippen molar-refractivity contribution in [1.82, 2.24) is 15.0 Å². The van der Waals surface area contributed by atoms with Crippen LogP contribution < -0.4 is 5.56 Å². The molecule has 0 bridgehead atoms. The molecule has 1 aliphatic rings. The van der Waals surface area contributed by atoms with E-state index in [1.807, 2.05) is 0 Å². The lowest BCUT2D eigenvalue weighted by Gasteiger charge is -2.27. The van der Waals surface area contributed by atoms with Crippen molar-refractivity contribution in [3.63, 3.8) is 0 Å². The quantitative estimate of drug-likeness (QED) is 0.753. The highest BCUT2D eigenvalue weighted by atomic mass is 32.1. The minimum absolute atomic E-state index is 0.0345. The maximum atomic E-state index is 12.9. The van der Waals surface area contributed by atoms with Crippen LogP contribution in [0.25, 0.3) is 0 Å². The number of H-pyrrole nitrogens is 2. The molecule has 0 aliphatic heterocycles. The molecule has 0 amide bonds. The summed E-state index contributed by atoms with van der Waals surface area (Å²) in [6.07, 6.45) is 0.686. The first-order chi connectivity index (χ1) is 12.2. The van der Waals surface area contributed by atoms with Gasteiger partial charge in [-0.1, -0.05) is 19.8 Å². The maximum absolute atomic E-state index is 12.9. The highest BCUT2D eigenvalue weighted by Crippen LogP contribution is 2.36. The molecule has 1 fully saturated rings. The Labute approximate surface area is 153 Å². The van der Waals surface area contributed by atoms with Gasteiger partial charge in [-0.15, -0.1) is 0 Å². The summed E-state index contributed by atoms with van der Waals surface area (Å²) in [6.45, 7) is 2.20. The number of hydrogen-bond acceptors (Lipinski definition) is 3. The minimum atomic E-state index is -4.44. The molecule has 3 rings (SSSR count). The number of nitrogens with zero attached hydrogens (tertiary/aromatic N) is 1. The molecule has 140 valence electrons. The molecule has 1 saturated carbocycles. The van der Waals surface area contributed by atoms with Gasteiger partial charge in [0.05, 0.1) is 5.56 Å². The van der Waals surface area contributed by atoms with E-state index in [9.17, 15) is 18.0 Å². The molecular weight excluding hydrogens is 363 g/mol. The number of nitrogens with one attached hydrogen (secondary N) is 2. The van der Waals surface area contributed by atoms with Crippen LogP contribution in [0.1, 0.15) is 61.0 Å². The van der Waals surface area contributed by atoms with Crippen LogP contribution in [0.15, 0.2) is 23.1 Å². The summed E-state index contributed by atoms with van der Waals surface area (Å²) in [6, 6.07) is 1.92. The largest absolute Gasteiger partial charge is 0.416 e. The van der Waals surface area contributed by atoms with Gasteiger partial charge in [0, 0.05) is 29.6 Å². The number of pyridine rings is 1. The lowest BCUT2D eigenvalue weighted by molar-refractivity contribution is -0.137. The van der Waals surface area contributed by atoms with Gasteiger partial charge in [-0.25, -0.2) is 0 Å². The summed E-state index contributed by atoms with van der Waals surface area (Å²) in [5.74, 6) is 0.806. The zero-order valence-corrected chi connectivity index (χ0v) is 15.1. The van der Waals surface area contributed by atoms with E-state index < -0.39 is 11.7 Å². The van der Waals surface area contributed by atoms with Crippen LogP contribution in [0.5, 0.6) is 0 Å². The van der Waals surface area contributed by atoms with Crippen LogP contribution in [0, 0.1) is 10.7 Å². The monoisotopic (exact) mass is 383 g/mol. The number of alkyl halides is 3. The van der Waals surface area contributed by atoms with E-state index in [0.717, 1.165) is 49.7 Å². The molecule has 0 radical (unpaired) electrons. The molecule has 1 aliphatic carbocycles.